The van der Waals surface area contributed by atoms with Crippen molar-refractivity contribution in [1.82, 2.24) is 10.6 Å². The highest BCUT2D eigenvalue weighted by molar-refractivity contribution is 6.34. The Morgan fingerprint density at radius 3 is 2.57 bits per heavy atom. The van der Waals surface area contributed by atoms with Crippen molar-refractivity contribution in [2.24, 2.45) is 0 Å². The van der Waals surface area contributed by atoms with E-state index >= 15 is 0 Å². The Labute approximate surface area is 144 Å². The number of hydrogen-bond donors (Lipinski definition) is 2. The Morgan fingerprint density at radius 1 is 1.17 bits per heavy atom. The first-order valence-corrected chi connectivity index (χ1v) is 8.07. The van der Waals surface area contributed by atoms with E-state index in [4.69, 9.17) is 27.9 Å². The molecular weight excluding hydrogens is 335 g/mol. The molecule has 1 heterocycles. The molecule has 23 heavy (non-hydrogen) atoms. The SMILES string of the molecule is O=C(NC1CNC1)[C@H](Oc1cc(Cl)ccc1Cl)c1ccccc1. The van der Waals surface area contributed by atoms with Gasteiger partial charge in [0.05, 0.1) is 11.1 Å². The summed E-state index contributed by atoms with van der Waals surface area (Å²) in [6, 6.07) is 14.4. The van der Waals surface area contributed by atoms with E-state index in [1.54, 1.807) is 18.2 Å². The standard InChI is InChI=1S/C17H16Cl2N2O2/c18-12-6-7-14(19)15(8-12)23-16(11-4-2-1-3-5-11)17(22)21-13-9-20-10-13/h1-8,13,16,20H,9-10H2,(H,21,22)/t16-/m1/s1. The van der Waals surface area contributed by atoms with Gasteiger partial charge in [0.15, 0.2) is 0 Å². The first-order chi connectivity index (χ1) is 11.1. The summed E-state index contributed by atoms with van der Waals surface area (Å²) in [7, 11) is 0. The lowest BCUT2D eigenvalue weighted by Crippen LogP contribution is -2.58. The molecule has 120 valence electrons. The zero-order chi connectivity index (χ0) is 16.2. The molecule has 0 bridgehead atoms. The summed E-state index contributed by atoms with van der Waals surface area (Å²) in [5.74, 6) is 0.189. The second-order valence-electron chi connectivity index (χ2n) is 5.35. The Balaban J connectivity index is 1.85. The fourth-order valence-electron chi connectivity index (χ4n) is 2.26. The summed E-state index contributed by atoms with van der Waals surface area (Å²) in [6.45, 7) is 1.54. The quantitative estimate of drug-likeness (QED) is 0.870. The van der Waals surface area contributed by atoms with Crippen LogP contribution < -0.4 is 15.4 Å². The fourth-order valence-corrected chi connectivity index (χ4v) is 2.59. The Kier molecular flexibility index (Phi) is 5.06. The lowest BCUT2D eigenvalue weighted by molar-refractivity contribution is -0.129. The molecule has 4 nitrogen and oxygen atoms in total. The minimum absolute atomic E-state index is 0.132. The van der Waals surface area contributed by atoms with Crippen molar-refractivity contribution >= 4 is 29.1 Å². The van der Waals surface area contributed by atoms with Crippen LogP contribution in [0.1, 0.15) is 11.7 Å². The summed E-state index contributed by atoms with van der Waals surface area (Å²) >= 11 is 12.1. The number of nitrogens with one attached hydrogen (secondary N) is 2. The Morgan fingerprint density at radius 2 is 1.91 bits per heavy atom. The molecule has 3 rings (SSSR count). The van der Waals surface area contributed by atoms with Gasteiger partial charge < -0.3 is 15.4 Å². The van der Waals surface area contributed by atoms with Crippen molar-refractivity contribution in [3.8, 4) is 5.75 Å². The topological polar surface area (TPSA) is 50.4 Å². The van der Waals surface area contributed by atoms with Gasteiger partial charge in [-0.1, -0.05) is 53.5 Å². The first-order valence-electron chi connectivity index (χ1n) is 7.31. The van der Waals surface area contributed by atoms with Gasteiger partial charge in [0, 0.05) is 29.7 Å². The minimum Gasteiger partial charge on any atom is -0.474 e. The van der Waals surface area contributed by atoms with Gasteiger partial charge in [0.25, 0.3) is 5.91 Å². The van der Waals surface area contributed by atoms with Crippen molar-refractivity contribution in [2.75, 3.05) is 13.1 Å². The summed E-state index contributed by atoms with van der Waals surface area (Å²) < 4.78 is 5.89. The molecule has 0 unspecified atom stereocenters. The molecule has 1 aliphatic rings. The van der Waals surface area contributed by atoms with E-state index in [2.05, 4.69) is 10.6 Å². The zero-order valence-electron chi connectivity index (χ0n) is 12.3. The molecule has 1 saturated heterocycles. The van der Waals surface area contributed by atoms with Crippen LogP contribution in [0.2, 0.25) is 10.0 Å². The second-order valence-corrected chi connectivity index (χ2v) is 6.19. The molecule has 1 aliphatic heterocycles. The highest BCUT2D eigenvalue weighted by atomic mass is 35.5. The van der Waals surface area contributed by atoms with E-state index in [0.29, 0.717) is 15.8 Å². The third-order valence-corrected chi connectivity index (χ3v) is 4.15. The lowest BCUT2D eigenvalue weighted by Gasteiger charge is -2.30. The number of amides is 1. The van der Waals surface area contributed by atoms with Crippen LogP contribution in [0, 0.1) is 0 Å². The maximum atomic E-state index is 12.6. The van der Waals surface area contributed by atoms with Gasteiger partial charge in [-0.15, -0.1) is 0 Å². The van der Waals surface area contributed by atoms with Crippen LogP contribution in [0.25, 0.3) is 0 Å². The normalized spacial score (nSPS) is 15.6. The number of ether oxygens (including phenoxy) is 1. The van der Waals surface area contributed by atoms with Crippen LogP contribution in [0.15, 0.2) is 48.5 Å². The smallest absolute Gasteiger partial charge is 0.266 e. The molecule has 0 aromatic heterocycles. The van der Waals surface area contributed by atoms with E-state index < -0.39 is 6.10 Å². The summed E-state index contributed by atoms with van der Waals surface area (Å²) in [4.78, 5) is 12.6. The summed E-state index contributed by atoms with van der Waals surface area (Å²) in [6.07, 6.45) is -0.784. The van der Waals surface area contributed by atoms with Crippen molar-refractivity contribution < 1.29 is 9.53 Å². The highest BCUT2D eigenvalue weighted by Crippen LogP contribution is 2.32. The van der Waals surface area contributed by atoms with Gasteiger partial charge in [-0.05, 0) is 12.1 Å². The number of benzene rings is 2. The van der Waals surface area contributed by atoms with E-state index in [1.807, 2.05) is 30.3 Å². The molecule has 2 N–H and O–H groups in total. The lowest BCUT2D eigenvalue weighted by atomic mass is 10.1. The van der Waals surface area contributed by atoms with Crippen LogP contribution >= 0.6 is 23.2 Å². The van der Waals surface area contributed by atoms with E-state index in [1.165, 1.54) is 0 Å². The van der Waals surface area contributed by atoms with Crippen molar-refractivity contribution in [2.45, 2.75) is 12.1 Å². The largest absolute Gasteiger partial charge is 0.474 e. The van der Waals surface area contributed by atoms with Crippen LogP contribution in [-0.2, 0) is 4.79 Å². The minimum atomic E-state index is -0.784. The van der Waals surface area contributed by atoms with E-state index in [0.717, 1.165) is 18.7 Å². The Hall–Kier alpha value is -1.75. The maximum absolute atomic E-state index is 12.6. The third-order valence-electron chi connectivity index (χ3n) is 3.61. The maximum Gasteiger partial charge on any atom is 0.266 e. The Bertz CT molecular complexity index is 690. The summed E-state index contributed by atoms with van der Waals surface area (Å²) in [5.41, 5.74) is 0.758. The number of halogens is 2. The fraction of sp³-hybridized carbons (Fsp3) is 0.235. The number of carbonyl (C=O) groups excluding carboxylic acids is 1. The van der Waals surface area contributed by atoms with Gasteiger partial charge in [-0.3, -0.25) is 4.79 Å². The molecular formula is C17H16Cl2N2O2. The number of rotatable bonds is 5. The third kappa shape index (κ3) is 3.96. The molecule has 0 aliphatic carbocycles. The molecule has 6 heteroatoms. The molecule has 1 fully saturated rings. The molecule has 2 aromatic carbocycles. The van der Waals surface area contributed by atoms with Gasteiger partial charge in [-0.25, -0.2) is 0 Å². The van der Waals surface area contributed by atoms with Crippen molar-refractivity contribution in [3.05, 3.63) is 64.1 Å². The van der Waals surface area contributed by atoms with Crippen molar-refractivity contribution in [3.63, 3.8) is 0 Å². The van der Waals surface area contributed by atoms with Crippen molar-refractivity contribution in [1.29, 1.82) is 0 Å². The monoisotopic (exact) mass is 350 g/mol. The van der Waals surface area contributed by atoms with Gasteiger partial charge in [-0.2, -0.15) is 0 Å². The molecule has 1 amide bonds. The molecule has 2 aromatic rings. The van der Waals surface area contributed by atoms with Crippen LogP contribution in [0.3, 0.4) is 0 Å². The molecule has 0 radical (unpaired) electrons. The van der Waals surface area contributed by atoms with Gasteiger partial charge in [0.2, 0.25) is 6.10 Å². The summed E-state index contributed by atoms with van der Waals surface area (Å²) in [5, 5.41) is 6.99. The average Bonchev–Trinajstić information content (AvgIpc) is 2.52. The number of carbonyl (C=O) groups is 1. The zero-order valence-corrected chi connectivity index (χ0v) is 13.8. The average molecular weight is 351 g/mol. The van der Waals surface area contributed by atoms with E-state index in [9.17, 15) is 4.79 Å². The molecule has 1 atom stereocenters. The predicted octanol–water partition coefficient (Wildman–Crippen LogP) is 3.20. The molecule has 0 spiro atoms. The highest BCUT2D eigenvalue weighted by Gasteiger charge is 2.27. The number of hydrogen-bond acceptors (Lipinski definition) is 3. The molecule has 0 saturated carbocycles. The van der Waals surface area contributed by atoms with Crippen LogP contribution in [0.5, 0.6) is 5.75 Å². The van der Waals surface area contributed by atoms with Crippen LogP contribution in [0.4, 0.5) is 0 Å². The van der Waals surface area contributed by atoms with E-state index in [-0.39, 0.29) is 11.9 Å². The predicted molar refractivity (Wildman–Crippen MR) is 91.1 cm³/mol. The van der Waals surface area contributed by atoms with Gasteiger partial charge in [0.1, 0.15) is 5.75 Å². The second kappa shape index (κ2) is 7.21. The van der Waals surface area contributed by atoms with Gasteiger partial charge >= 0.3 is 0 Å². The van der Waals surface area contributed by atoms with Crippen LogP contribution in [-0.4, -0.2) is 25.0 Å². The first kappa shape index (κ1) is 16.1.